The van der Waals surface area contributed by atoms with Gasteiger partial charge in [0.25, 0.3) is 0 Å². The van der Waals surface area contributed by atoms with Crippen LogP contribution in [0, 0.1) is 0 Å². The summed E-state index contributed by atoms with van der Waals surface area (Å²) >= 11 is 0. The van der Waals surface area contributed by atoms with Gasteiger partial charge in [0.2, 0.25) is 5.91 Å². The second kappa shape index (κ2) is 14.6. The summed E-state index contributed by atoms with van der Waals surface area (Å²) < 4.78 is 13.3. The second-order valence-electron chi connectivity index (χ2n) is 14.4. The van der Waals surface area contributed by atoms with E-state index in [9.17, 15) is 4.79 Å². The van der Waals surface area contributed by atoms with Crippen LogP contribution in [0.2, 0.25) is 0 Å². The molecule has 46 heavy (non-hydrogen) atoms. The third-order valence-corrected chi connectivity index (χ3v) is 9.54. The van der Waals surface area contributed by atoms with Crippen LogP contribution in [0.5, 0.6) is 11.5 Å². The van der Waals surface area contributed by atoms with Crippen LogP contribution in [0.1, 0.15) is 97.1 Å². The summed E-state index contributed by atoms with van der Waals surface area (Å²) in [6.07, 6.45) is 0. The number of nitrogens with one attached hydrogen (secondary N) is 1. The van der Waals surface area contributed by atoms with E-state index in [-0.39, 0.29) is 16.7 Å². The lowest BCUT2D eigenvalue weighted by Crippen LogP contribution is -2.39. The molecule has 0 saturated heterocycles. The minimum atomic E-state index is -1.19. The van der Waals surface area contributed by atoms with Gasteiger partial charge in [-0.2, -0.15) is 0 Å². The Morgan fingerprint density at radius 1 is 0.630 bits per heavy atom. The van der Waals surface area contributed by atoms with E-state index in [2.05, 4.69) is 127 Å². The van der Waals surface area contributed by atoms with Gasteiger partial charge in [0.1, 0.15) is 30.1 Å². The summed E-state index contributed by atoms with van der Waals surface area (Å²) in [5.74, 6) is 1.36. The number of anilines is 1. The Hall–Kier alpha value is -3.35. The molecule has 3 aromatic rings. The van der Waals surface area contributed by atoms with Crippen LogP contribution in [0.15, 0.2) is 60.7 Å². The van der Waals surface area contributed by atoms with Gasteiger partial charge in [-0.3, -0.25) is 4.79 Å². The average molecular weight is 628 g/mol. The third-order valence-electron chi connectivity index (χ3n) is 9.54. The largest absolute Gasteiger partial charge is 0.492 e. The van der Waals surface area contributed by atoms with E-state index >= 15 is 0 Å². The van der Waals surface area contributed by atoms with E-state index in [0.717, 1.165) is 84.3 Å². The highest BCUT2D eigenvalue weighted by Crippen LogP contribution is 2.54. The van der Waals surface area contributed by atoms with Gasteiger partial charge in [-0.05, 0) is 78.5 Å². The number of hydrogen-bond acceptors (Lipinski definition) is 5. The zero-order valence-electron chi connectivity index (χ0n) is 30.0. The summed E-state index contributed by atoms with van der Waals surface area (Å²) in [6.45, 7) is 28.5. The molecule has 6 nitrogen and oxygen atoms in total. The van der Waals surface area contributed by atoms with E-state index in [1.54, 1.807) is 0 Å². The molecule has 4 rings (SSSR count). The van der Waals surface area contributed by atoms with Crippen molar-refractivity contribution in [1.82, 2.24) is 9.80 Å². The molecule has 0 aliphatic carbocycles. The maximum Gasteiger partial charge on any atom is 0.244 e. The molecule has 1 amide bonds. The molecule has 6 heteroatoms. The Kier molecular flexibility index (Phi) is 11.3. The molecule has 0 atom stereocenters. The first-order chi connectivity index (χ1) is 21.8. The summed E-state index contributed by atoms with van der Waals surface area (Å²) in [4.78, 5) is 19.6. The molecule has 0 spiro atoms. The van der Waals surface area contributed by atoms with Crippen LogP contribution in [-0.4, -0.2) is 68.2 Å². The molecule has 1 N–H and O–H groups in total. The van der Waals surface area contributed by atoms with Crippen LogP contribution in [0.3, 0.4) is 0 Å². The summed E-state index contributed by atoms with van der Waals surface area (Å²) in [6, 6.07) is 20.9. The maximum atomic E-state index is 14.9. The molecule has 0 unspecified atom stereocenters. The van der Waals surface area contributed by atoms with Crippen molar-refractivity contribution >= 4 is 11.6 Å². The number of hydrogen-bond donors (Lipinski definition) is 1. The first kappa shape index (κ1) is 35.5. The number of para-hydroxylation sites is 1. The van der Waals surface area contributed by atoms with Gasteiger partial charge in [0, 0.05) is 35.5 Å². The molecule has 3 aromatic carbocycles. The molecule has 1 aliphatic rings. The van der Waals surface area contributed by atoms with Gasteiger partial charge in [0.05, 0.1) is 0 Å². The van der Waals surface area contributed by atoms with Crippen molar-refractivity contribution in [3.05, 3.63) is 88.5 Å². The van der Waals surface area contributed by atoms with E-state index in [1.165, 1.54) is 0 Å². The fourth-order valence-electron chi connectivity index (χ4n) is 6.42. The van der Waals surface area contributed by atoms with Gasteiger partial charge in [-0.1, -0.05) is 99.6 Å². The van der Waals surface area contributed by atoms with Crippen molar-refractivity contribution in [2.45, 2.75) is 85.5 Å². The normalized spacial score (nSPS) is 14.5. The standard InChI is InChI=1S/C40H57N3O3/c1-11-42(12-2)23-25-45-35-21-19-29(38(5,6)7)27-32(35)40(31-17-15-16-18-34(31)41-37(40)44)33-28-30(39(8,9)10)20-22-36(33)46-26-24-43(13-3)14-4/h15-22,27-28H,11-14,23-26H2,1-10H3,(H,41,44). The molecule has 0 aromatic heterocycles. The van der Waals surface area contributed by atoms with Crippen molar-refractivity contribution in [1.29, 1.82) is 0 Å². The Morgan fingerprint density at radius 3 is 1.48 bits per heavy atom. The maximum absolute atomic E-state index is 14.9. The fraction of sp³-hybridized carbons (Fsp3) is 0.525. The monoisotopic (exact) mass is 627 g/mol. The molecule has 1 aliphatic heterocycles. The van der Waals surface area contributed by atoms with Crippen LogP contribution in [-0.2, 0) is 21.0 Å². The minimum Gasteiger partial charge on any atom is -0.492 e. The number of likely N-dealkylation sites (N-methyl/N-ethyl adjacent to an activating group) is 2. The highest BCUT2D eigenvalue weighted by Gasteiger charge is 2.53. The first-order valence-corrected chi connectivity index (χ1v) is 17.2. The summed E-state index contributed by atoms with van der Waals surface area (Å²) in [5, 5.41) is 3.27. The van der Waals surface area contributed by atoms with E-state index in [0.29, 0.717) is 13.2 Å². The van der Waals surface area contributed by atoms with E-state index in [1.807, 2.05) is 18.2 Å². The zero-order chi connectivity index (χ0) is 33.7. The van der Waals surface area contributed by atoms with Gasteiger partial charge >= 0.3 is 0 Å². The number of fused-ring (bicyclic) bond motifs is 1. The highest BCUT2D eigenvalue weighted by molar-refractivity contribution is 6.12. The summed E-state index contributed by atoms with van der Waals surface area (Å²) in [5.41, 5.74) is 4.26. The second-order valence-corrected chi connectivity index (χ2v) is 14.4. The predicted molar refractivity (Wildman–Crippen MR) is 192 cm³/mol. The van der Waals surface area contributed by atoms with E-state index in [4.69, 9.17) is 9.47 Å². The number of nitrogens with zero attached hydrogens (tertiary/aromatic N) is 2. The average Bonchev–Trinajstić information content (AvgIpc) is 3.32. The molecule has 0 bridgehead atoms. The van der Waals surface area contributed by atoms with E-state index < -0.39 is 5.41 Å². The number of carbonyl (C=O) groups excluding carboxylic acids is 1. The predicted octanol–water partition coefficient (Wildman–Crippen LogP) is 8.01. The van der Waals surface area contributed by atoms with Crippen LogP contribution >= 0.6 is 0 Å². The lowest BCUT2D eigenvalue weighted by atomic mass is 9.67. The topological polar surface area (TPSA) is 54.0 Å². The third kappa shape index (κ3) is 7.29. The Bertz CT molecular complexity index is 1400. The number of rotatable bonds is 14. The van der Waals surface area contributed by atoms with Crippen molar-refractivity contribution in [3.63, 3.8) is 0 Å². The number of amides is 1. The molecule has 250 valence electrons. The number of carbonyl (C=O) groups is 1. The van der Waals surface area contributed by atoms with Gasteiger partial charge < -0.3 is 24.6 Å². The minimum absolute atomic E-state index is 0.0898. The Morgan fingerprint density at radius 2 is 1.07 bits per heavy atom. The fourth-order valence-corrected chi connectivity index (χ4v) is 6.42. The van der Waals surface area contributed by atoms with Crippen molar-refractivity contribution < 1.29 is 14.3 Å². The lowest BCUT2D eigenvalue weighted by molar-refractivity contribution is -0.118. The highest BCUT2D eigenvalue weighted by atomic mass is 16.5. The van der Waals surface area contributed by atoms with Crippen molar-refractivity contribution in [2.75, 3.05) is 57.8 Å². The van der Waals surface area contributed by atoms with Crippen LogP contribution in [0.25, 0.3) is 0 Å². The summed E-state index contributed by atoms with van der Waals surface area (Å²) in [7, 11) is 0. The molecular formula is C40H57N3O3. The first-order valence-electron chi connectivity index (χ1n) is 17.2. The molecule has 0 fully saturated rings. The zero-order valence-corrected chi connectivity index (χ0v) is 30.0. The van der Waals surface area contributed by atoms with Crippen molar-refractivity contribution in [3.8, 4) is 11.5 Å². The van der Waals surface area contributed by atoms with Gasteiger partial charge in [0.15, 0.2) is 0 Å². The van der Waals surface area contributed by atoms with Gasteiger partial charge in [-0.15, -0.1) is 0 Å². The lowest BCUT2D eigenvalue weighted by Gasteiger charge is -2.35. The van der Waals surface area contributed by atoms with Crippen LogP contribution in [0.4, 0.5) is 5.69 Å². The molecule has 1 heterocycles. The molecule has 0 radical (unpaired) electrons. The van der Waals surface area contributed by atoms with Gasteiger partial charge in [-0.25, -0.2) is 0 Å². The smallest absolute Gasteiger partial charge is 0.244 e. The Balaban J connectivity index is 2.02. The number of ether oxygens (including phenoxy) is 2. The molecular weight excluding hydrogens is 570 g/mol. The number of benzene rings is 3. The quantitative estimate of drug-likeness (QED) is 0.196. The van der Waals surface area contributed by atoms with Crippen LogP contribution < -0.4 is 14.8 Å². The van der Waals surface area contributed by atoms with Crippen molar-refractivity contribution in [2.24, 2.45) is 0 Å². The Labute approximate surface area is 278 Å². The SMILES string of the molecule is CCN(CC)CCOc1ccc(C(C)(C)C)cc1C1(c2cc(C(C)(C)C)ccc2OCCN(CC)CC)C(=O)Nc2ccccc21. The molecule has 0 saturated carbocycles.